The van der Waals surface area contributed by atoms with Crippen molar-refractivity contribution in [2.45, 2.75) is 45.1 Å². The molecule has 0 saturated carbocycles. The molecule has 0 aliphatic carbocycles. The molecule has 36 heavy (non-hydrogen) atoms. The molecule has 10 heteroatoms. The number of anilines is 1. The minimum atomic E-state index is -3.53. The van der Waals surface area contributed by atoms with Crippen LogP contribution in [0, 0.1) is 12.8 Å². The molecule has 1 saturated heterocycles. The molecule has 9 nitrogen and oxygen atoms in total. The summed E-state index contributed by atoms with van der Waals surface area (Å²) in [5.74, 6) is 0.825. The number of carbonyl (C=O) groups is 1. The lowest BCUT2D eigenvalue weighted by atomic mass is 9.97. The van der Waals surface area contributed by atoms with Crippen LogP contribution in [0.4, 0.5) is 5.69 Å². The molecule has 1 amide bonds. The van der Waals surface area contributed by atoms with E-state index in [1.165, 1.54) is 16.4 Å². The zero-order chi connectivity index (χ0) is 25.7. The van der Waals surface area contributed by atoms with Crippen LogP contribution in [0.1, 0.15) is 38.1 Å². The first-order chi connectivity index (χ1) is 17.3. The third kappa shape index (κ3) is 6.00. The molecule has 1 N–H and O–H groups in total. The number of aromatic nitrogens is 2. The minimum absolute atomic E-state index is 0.0787. The maximum atomic E-state index is 13.0. The number of piperidine rings is 1. The van der Waals surface area contributed by atoms with Crippen molar-refractivity contribution in [3.63, 3.8) is 0 Å². The number of likely N-dealkylation sites (tertiary alicyclic amines) is 1. The topological polar surface area (TPSA) is 109 Å². The number of amides is 1. The largest absolute Gasteiger partial charge is 0.338 e. The van der Waals surface area contributed by atoms with Gasteiger partial charge in [0.15, 0.2) is 0 Å². The van der Waals surface area contributed by atoms with Gasteiger partial charge < -0.3 is 9.84 Å². The number of nitrogens with zero attached hydrogens (tertiary/aromatic N) is 4. The number of sulfonamides is 1. The minimum Gasteiger partial charge on any atom is -0.338 e. The molecule has 1 fully saturated rings. The Kier molecular flexibility index (Phi) is 8.17. The Hall–Kier alpha value is -3.08. The van der Waals surface area contributed by atoms with Gasteiger partial charge in [0.05, 0.1) is 17.4 Å². The van der Waals surface area contributed by atoms with Gasteiger partial charge in [-0.25, -0.2) is 8.42 Å². The van der Waals surface area contributed by atoms with Crippen molar-refractivity contribution >= 4 is 21.6 Å². The SMILES string of the molecule is CCN(CC)S(=O)(=O)c1ccc(NC(=O)C2CCCN(Cc3nc(-c4cccc(C)c4)no3)C2)cc1. The van der Waals surface area contributed by atoms with E-state index in [9.17, 15) is 13.2 Å². The fourth-order valence-corrected chi connectivity index (χ4v) is 5.95. The lowest BCUT2D eigenvalue weighted by Crippen LogP contribution is -2.40. The van der Waals surface area contributed by atoms with Gasteiger partial charge in [-0.3, -0.25) is 9.69 Å². The summed E-state index contributed by atoms with van der Waals surface area (Å²) in [6, 6.07) is 14.3. The molecule has 0 radical (unpaired) electrons. The molecule has 4 rings (SSSR count). The van der Waals surface area contributed by atoms with Crippen LogP contribution in [-0.4, -0.2) is 59.8 Å². The van der Waals surface area contributed by atoms with Crippen LogP contribution in [0.5, 0.6) is 0 Å². The van der Waals surface area contributed by atoms with Gasteiger partial charge in [-0.05, 0) is 56.6 Å². The van der Waals surface area contributed by atoms with Crippen LogP contribution < -0.4 is 5.32 Å². The van der Waals surface area contributed by atoms with E-state index < -0.39 is 10.0 Å². The summed E-state index contributed by atoms with van der Waals surface area (Å²) < 4.78 is 32.2. The van der Waals surface area contributed by atoms with Crippen LogP contribution in [0.15, 0.2) is 57.9 Å². The van der Waals surface area contributed by atoms with Gasteiger partial charge in [-0.1, -0.05) is 42.8 Å². The number of hydrogen-bond acceptors (Lipinski definition) is 7. The molecule has 1 aliphatic rings. The van der Waals surface area contributed by atoms with Gasteiger partial charge in [0.25, 0.3) is 0 Å². The smallest absolute Gasteiger partial charge is 0.243 e. The van der Waals surface area contributed by atoms with Crippen molar-refractivity contribution in [1.82, 2.24) is 19.3 Å². The van der Waals surface area contributed by atoms with Gasteiger partial charge in [-0.15, -0.1) is 0 Å². The fraction of sp³-hybridized carbons (Fsp3) is 0.423. The summed E-state index contributed by atoms with van der Waals surface area (Å²) in [5.41, 5.74) is 2.62. The van der Waals surface area contributed by atoms with E-state index in [2.05, 4.69) is 20.4 Å². The lowest BCUT2D eigenvalue weighted by Gasteiger charge is -2.30. The molecule has 0 bridgehead atoms. The maximum Gasteiger partial charge on any atom is 0.243 e. The quantitative estimate of drug-likeness (QED) is 0.464. The second kappa shape index (κ2) is 11.3. The molecule has 1 unspecified atom stereocenters. The van der Waals surface area contributed by atoms with Gasteiger partial charge in [0, 0.05) is 30.9 Å². The van der Waals surface area contributed by atoms with Crippen LogP contribution in [-0.2, 0) is 21.4 Å². The molecule has 2 heterocycles. The first-order valence-electron chi connectivity index (χ1n) is 12.3. The van der Waals surface area contributed by atoms with E-state index in [-0.39, 0.29) is 16.7 Å². The van der Waals surface area contributed by atoms with Gasteiger partial charge in [0.2, 0.25) is 27.6 Å². The number of rotatable bonds is 9. The highest BCUT2D eigenvalue weighted by molar-refractivity contribution is 7.89. The van der Waals surface area contributed by atoms with E-state index in [0.717, 1.165) is 30.5 Å². The second-order valence-corrected chi connectivity index (χ2v) is 11.0. The Morgan fingerprint density at radius 3 is 2.61 bits per heavy atom. The van der Waals surface area contributed by atoms with Gasteiger partial charge in [0.1, 0.15) is 0 Å². The van der Waals surface area contributed by atoms with E-state index in [0.29, 0.717) is 43.6 Å². The molecule has 1 aromatic heterocycles. The summed E-state index contributed by atoms with van der Waals surface area (Å²) >= 11 is 0. The third-order valence-corrected chi connectivity index (χ3v) is 8.51. The number of nitrogens with one attached hydrogen (secondary N) is 1. The average molecular weight is 512 g/mol. The highest BCUT2D eigenvalue weighted by atomic mass is 32.2. The molecular weight excluding hydrogens is 478 g/mol. The number of carbonyl (C=O) groups excluding carboxylic acids is 1. The normalized spacial score (nSPS) is 16.8. The van der Waals surface area contributed by atoms with Crippen LogP contribution >= 0.6 is 0 Å². The monoisotopic (exact) mass is 511 g/mol. The van der Waals surface area contributed by atoms with Crippen molar-refractivity contribution in [2.24, 2.45) is 5.92 Å². The molecule has 1 aliphatic heterocycles. The Morgan fingerprint density at radius 2 is 1.92 bits per heavy atom. The molecule has 2 aromatic carbocycles. The van der Waals surface area contributed by atoms with Gasteiger partial charge in [-0.2, -0.15) is 9.29 Å². The summed E-state index contributed by atoms with van der Waals surface area (Å²) in [6.45, 7) is 8.38. The van der Waals surface area contributed by atoms with Crippen molar-refractivity contribution < 1.29 is 17.7 Å². The zero-order valence-electron chi connectivity index (χ0n) is 21.0. The Morgan fingerprint density at radius 1 is 1.17 bits per heavy atom. The van der Waals surface area contributed by atoms with Crippen LogP contribution in [0.2, 0.25) is 0 Å². The molecule has 3 aromatic rings. The second-order valence-electron chi connectivity index (χ2n) is 9.06. The summed E-state index contributed by atoms with van der Waals surface area (Å²) in [5, 5.41) is 7.05. The van der Waals surface area contributed by atoms with E-state index in [1.807, 2.05) is 45.0 Å². The first-order valence-corrected chi connectivity index (χ1v) is 13.8. The van der Waals surface area contributed by atoms with E-state index in [1.54, 1.807) is 12.1 Å². The van der Waals surface area contributed by atoms with Gasteiger partial charge >= 0.3 is 0 Å². The summed E-state index contributed by atoms with van der Waals surface area (Å²) in [4.78, 5) is 19.9. The lowest BCUT2D eigenvalue weighted by molar-refractivity contribution is -0.121. The third-order valence-electron chi connectivity index (χ3n) is 6.44. The Balaban J connectivity index is 1.35. The average Bonchev–Trinajstić information content (AvgIpc) is 3.33. The fourth-order valence-electron chi connectivity index (χ4n) is 4.49. The predicted molar refractivity (Wildman–Crippen MR) is 138 cm³/mol. The van der Waals surface area contributed by atoms with E-state index >= 15 is 0 Å². The van der Waals surface area contributed by atoms with Crippen molar-refractivity contribution in [3.05, 3.63) is 60.0 Å². The molecule has 0 spiro atoms. The number of aryl methyl sites for hydroxylation is 1. The van der Waals surface area contributed by atoms with E-state index in [4.69, 9.17) is 4.52 Å². The van der Waals surface area contributed by atoms with Crippen molar-refractivity contribution in [3.8, 4) is 11.4 Å². The highest BCUT2D eigenvalue weighted by Crippen LogP contribution is 2.23. The molecular formula is C26H33N5O4S. The zero-order valence-corrected chi connectivity index (χ0v) is 21.8. The standard InChI is InChI=1S/C26H33N5O4S/c1-4-31(5-2)36(33,34)23-13-11-22(12-14-23)27-26(32)21-10-7-15-30(17-21)18-24-28-25(29-35-24)20-9-6-8-19(3)16-20/h6,8-9,11-14,16,21H,4-5,7,10,15,17-18H2,1-3H3,(H,27,32). The number of benzene rings is 2. The molecule has 1 atom stereocenters. The Labute approximate surface area is 212 Å². The maximum absolute atomic E-state index is 13.0. The molecule has 192 valence electrons. The summed E-state index contributed by atoms with van der Waals surface area (Å²) in [6.07, 6.45) is 1.67. The first kappa shape index (κ1) is 26.0. The van der Waals surface area contributed by atoms with Crippen LogP contribution in [0.3, 0.4) is 0 Å². The van der Waals surface area contributed by atoms with Crippen molar-refractivity contribution in [2.75, 3.05) is 31.5 Å². The van der Waals surface area contributed by atoms with Crippen LogP contribution in [0.25, 0.3) is 11.4 Å². The highest BCUT2D eigenvalue weighted by Gasteiger charge is 2.27. The number of hydrogen-bond donors (Lipinski definition) is 1. The Bertz CT molecular complexity index is 1290. The predicted octanol–water partition coefficient (Wildman–Crippen LogP) is 3.93. The van der Waals surface area contributed by atoms with Crippen molar-refractivity contribution in [1.29, 1.82) is 0 Å². The summed E-state index contributed by atoms with van der Waals surface area (Å²) in [7, 11) is -3.53.